The standard InChI is InChI=1S/C15H20N4O2/c1-10(2)15(16)14-7-17-9-18(14)8-12-5-4-6-13(11(12)3)19(20)21/h4-7,9-10,15H,8,16H2,1-3H3. The van der Waals surface area contributed by atoms with Crippen LogP contribution in [-0.4, -0.2) is 14.5 Å². The van der Waals surface area contributed by atoms with Gasteiger partial charge in [-0.25, -0.2) is 4.98 Å². The molecule has 0 aliphatic rings. The Hall–Kier alpha value is -2.21. The quantitative estimate of drug-likeness (QED) is 0.677. The number of nitrogens with zero attached hydrogens (tertiary/aromatic N) is 3. The van der Waals surface area contributed by atoms with Crippen molar-refractivity contribution in [2.45, 2.75) is 33.4 Å². The molecule has 0 aliphatic heterocycles. The molecule has 1 atom stereocenters. The van der Waals surface area contributed by atoms with E-state index in [9.17, 15) is 10.1 Å². The van der Waals surface area contributed by atoms with E-state index >= 15 is 0 Å². The van der Waals surface area contributed by atoms with Gasteiger partial charge in [0, 0.05) is 30.4 Å². The first-order chi connectivity index (χ1) is 9.91. The Labute approximate surface area is 123 Å². The van der Waals surface area contributed by atoms with Crippen LogP contribution in [0.4, 0.5) is 5.69 Å². The molecular formula is C15H20N4O2. The third kappa shape index (κ3) is 3.11. The van der Waals surface area contributed by atoms with Crippen molar-refractivity contribution in [1.29, 1.82) is 0 Å². The Morgan fingerprint density at radius 1 is 1.43 bits per heavy atom. The van der Waals surface area contributed by atoms with Crippen molar-refractivity contribution in [3.63, 3.8) is 0 Å². The number of nitro groups is 1. The molecule has 0 aliphatic carbocycles. The topological polar surface area (TPSA) is 87.0 Å². The average molecular weight is 288 g/mol. The van der Waals surface area contributed by atoms with E-state index in [1.54, 1.807) is 25.5 Å². The summed E-state index contributed by atoms with van der Waals surface area (Å²) in [6.45, 7) is 6.41. The van der Waals surface area contributed by atoms with E-state index in [0.29, 0.717) is 18.0 Å². The van der Waals surface area contributed by atoms with Crippen LogP contribution in [0.5, 0.6) is 0 Å². The van der Waals surface area contributed by atoms with Gasteiger partial charge in [0.25, 0.3) is 5.69 Å². The fraction of sp³-hybridized carbons (Fsp3) is 0.400. The van der Waals surface area contributed by atoms with E-state index in [2.05, 4.69) is 18.8 Å². The summed E-state index contributed by atoms with van der Waals surface area (Å²) >= 11 is 0. The van der Waals surface area contributed by atoms with Gasteiger partial charge in [0.15, 0.2) is 0 Å². The molecule has 6 nitrogen and oxygen atoms in total. The van der Waals surface area contributed by atoms with Crippen molar-refractivity contribution in [1.82, 2.24) is 9.55 Å². The summed E-state index contributed by atoms with van der Waals surface area (Å²) in [4.78, 5) is 14.8. The minimum Gasteiger partial charge on any atom is -0.329 e. The molecule has 1 aromatic carbocycles. The van der Waals surface area contributed by atoms with Crippen molar-refractivity contribution >= 4 is 5.69 Å². The lowest BCUT2D eigenvalue weighted by molar-refractivity contribution is -0.385. The molecule has 2 N–H and O–H groups in total. The lowest BCUT2D eigenvalue weighted by atomic mass is 10.0. The first-order valence-electron chi connectivity index (χ1n) is 6.90. The number of rotatable bonds is 5. The second-order valence-corrected chi connectivity index (χ2v) is 5.53. The van der Waals surface area contributed by atoms with Gasteiger partial charge in [0.05, 0.1) is 16.9 Å². The Morgan fingerprint density at radius 3 is 2.76 bits per heavy atom. The fourth-order valence-electron chi connectivity index (χ4n) is 2.30. The number of imidazole rings is 1. The highest BCUT2D eigenvalue weighted by molar-refractivity contribution is 5.44. The van der Waals surface area contributed by atoms with Gasteiger partial charge in [-0.1, -0.05) is 26.0 Å². The molecule has 0 fully saturated rings. The summed E-state index contributed by atoms with van der Waals surface area (Å²) in [6, 6.07) is 5.02. The van der Waals surface area contributed by atoms with E-state index in [1.165, 1.54) is 6.07 Å². The minimum atomic E-state index is -0.354. The van der Waals surface area contributed by atoms with Gasteiger partial charge in [0.2, 0.25) is 0 Å². The van der Waals surface area contributed by atoms with Crippen molar-refractivity contribution in [2.75, 3.05) is 0 Å². The zero-order chi connectivity index (χ0) is 15.6. The van der Waals surface area contributed by atoms with Gasteiger partial charge < -0.3 is 10.3 Å². The third-order valence-corrected chi connectivity index (χ3v) is 3.76. The van der Waals surface area contributed by atoms with E-state index in [0.717, 1.165) is 11.3 Å². The second kappa shape index (κ2) is 6.05. The summed E-state index contributed by atoms with van der Waals surface area (Å²) in [5, 5.41) is 11.0. The molecule has 2 aromatic rings. The molecule has 1 aromatic heterocycles. The summed E-state index contributed by atoms with van der Waals surface area (Å²) in [6.07, 6.45) is 3.48. The molecule has 1 unspecified atom stereocenters. The average Bonchev–Trinajstić information content (AvgIpc) is 2.87. The maximum atomic E-state index is 11.0. The monoisotopic (exact) mass is 288 g/mol. The lowest BCUT2D eigenvalue weighted by Crippen LogP contribution is -2.20. The number of hydrogen-bond donors (Lipinski definition) is 1. The molecule has 0 spiro atoms. The Balaban J connectivity index is 2.34. The normalized spacial score (nSPS) is 12.6. The molecule has 1 heterocycles. The van der Waals surface area contributed by atoms with Gasteiger partial charge in [-0.2, -0.15) is 0 Å². The van der Waals surface area contributed by atoms with E-state index in [-0.39, 0.29) is 16.7 Å². The molecule has 21 heavy (non-hydrogen) atoms. The van der Waals surface area contributed by atoms with Gasteiger partial charge in [-0.05, 0) is 18.4 Å². The third-order valence-electron chi connectivity index (χ3n) is 3.76. The molecular weight excluding hydrogens is 268 g/mol. The van der Waals surface area contributed by atoms with Crippen LogP contribution in [0.3, 0.4) is 0 Å². The lowest BCUT2D eigenvalue weighted by Gasteiger charge is -2.18. The number of benzene rings is 1. The Kier molecular flexibility index (Phi) is 4.37. The number of aromatic nitrogens is 2. The van der Waals surface area contributed by atoms with Crippen LogP contribution in [-0.2, 0) is 6.54 Å². The maximum absolute atomic E-state index is 11.0. The second-order valence-electron chi connectivity index (χ2n) is 5.53. The molecule has 6 heteroatoms. The summed E-state index contributed by atoms with van der Waals surface area (Å²) in [7, 11) is 0. The summed E-state index contributed by atoms with van der Waals surface area (Å²) in [5.74, 6) is 0.298. The van der Waals surface area contributed by atoms with Crippen molar-refractivity contribution in [3.05, 3.63) is 57.7 Å². The Bertz CT molecular complexity index is 649. The predicted octanol–water partition coefficient (Wildman–Crippen LogP) is 2.80. The van der Waals surface area contributed by atoms with Gasteiger partial charge in [-0.3, -0.25) is 10.1 Å². The number of hydrogen-bond acceptors (Lipinski definition) is 4. The van der Waals surface area contributed by atoms with E-state index in [1.807, 2.05) is 10.6 Å². The first kappa shape index (κ1) is 15.2. The fourth-order valence-corrected chi connectivity index (χ4v) is 2.30. The summed E-state index contributed by atoms with van der Waals surface area (Å²) < 4.78 is 1.96. The van der Waals surface area contributed by atoms with Crippen LogP contribution in [0.15, 0.2) is 30.7 Å². The van der Waals surface area contributed by atoms with Crippen molar-refractivity contribution in [2.24, 2.45) is 11.7 Å². The Morgan fingerprint density at radius 2 is 2.14 bits per heavy atom. The van der Waals surface area contributed by atoms with Crippen LogP contribution < -0.4 is 5.73 Å². The molecule has 0 amide bonds. The van der Waals surface area contributed by atoms with Gasteiger partial charge in [0.1, 0.15) is 0 Å². The van der Waals surface area contributed by atoms with Gasteiger partial charge >= 0.3 is 0 Å². The molecule has 0 radical (unpaired) electrons. The largest absolute Gasteiger partial charge is 0.329 e. The van der Waals surface area contributed by atoms with Crippen molar-refractivity contribution < 1.29 is 4.92 Å². The van der Waals surface area contributed by atoms with Crippen LogP contribution in [0.1, 0.15) is 36.7 Å². The minimum absolute atomic E-state index is 0.105. The summed E-state index contributed by atoms with van der Waals surface area (Å²) in [5.41, 5.74) is 8.85. The zero-order valence-corrected chi connectivity index (χ0v) is 12.5. The van der Waals surface area contributed by atoms with Crippen molar-refractivity contribution in [3.8, 4) is 0 Å². The highest BCUT2D eigenvalue weighted by Crippen LogP contribution is 2.24. The SMILES string of the molecule is Cc1c(Cn2cncc2C(N)C(C)C)cccc1[N+](=O)[O-]. The number of nitro benzene ring substituents is 1. The van der Waals surface area contributed by atoms with Crippen LogP contribution >= 0.6 is 0 Å². The smallest absolute Gasteiger partial charge is 0.272 e. The van der Waals surface area contributed by atoms with Crippen LogP contribution in [0.25, 0.3) is 0 Å². The molecule has 112 valence electrons. The van der Waals surface area contributed by atoms with Crippen LogP contribution in [0, 0.1) is 23.0 Å². The maximum Gasteiger partial charge on any atom is 0.272 e. The van der Waals surface area contributed by atoms with Gasteiger partial charge in [-0.15, -0.1) is 0 Å². The predicted molar refractivity (Wildman–Crippen MR) is 80.9 cm³/mol. The molecule has 2 rings (SSSR count). The van der Waals surface area contributed by atoms with Crippen LogP contribution in [0.2, 0.25) is 0 Å². The number of nitrogens with two attached hydrogens (primary N) is 1. The van der Waals surface area contributed by atoms with E-state index in [4.69, 9.17) is 5.73 Å². The molecule has 0 saturated carbocycles. The first-order valence-corrected chi connectivity index (χ1v) is 6.90. The highest BCUT2D eigenvalue weighted by atomic mass is 16.6. The molecule has 0 saturated heterocycles. The highest BCUT2D eigenvalue weighted by Gasteiger charge is 2.17. The zero-order valence-electron chi connectivity index (χ0n) is 12.5. The van der Waals surface area contributed by atoms with E-state index < -0.39 is 0 Å². The molecule has 0 bridgehead atoms.